The molecule has 0 aliphatic heterocycles. The molecule has 1 aromatic carbocycles. The Kier molecular flexibility index (Phi) is 4.85. The van der Waals surface area contributed by atoms with Crippen LogP contribution in [0.1, 0.15) is 38.2 Å². The number of carbonyl (C=O) groups is 1. The molecule has 1 aromatic rings. The summed E-state index contributed by atoms with van der Waals surface area (Å²) in [6, 6.07) is 4.80. The number of hydrogen-bond donors (Lipinski definition) is 1. The molecule has 3 nitrogen and oxygen atoms in total. The van der Waals surface area contributed by atoms with Crippen LogP contribution in [0.3, 0.4) is 0 Å². The van der Waals surface area contributed by atoms with E-state index < -0.39 is 11.7 Å². The van der Waals surface area contributed by atoms with Crippen molar-refractivity contribution in [2.75, 3.05) is 11.9 Å². The highest BCUT2D eigenvalue weighted by atomic mass is 19.4. The number of benzene rings is 1. The van der Waals surface area contributed by atoms with Gasteiger partial charge in [-0.2, -0.15) is 13.2 Å². The van der Waals surface area contributed by atoms with Crippen LogP contribution in [0.25, 0.3) is 0 Å². The van der Waals surface area contributed by atoms with Crippen molar-refractivity contribution >= 4 is 11.6 Å². The number of ether oxygens (including phenoxy) is 1. The van der Waals surface area contributed by atoms with Gasteiger partial charge in [0.2, 0.25) is 5.91 Å². The molecule has 0 radical (unpaired) electrons. The van der Waals surface area contributed by atoms with E-state index in [-0.39, 0.29) is 35.5 Å². The van der Waals surface area contributed by atoms with E-state index in [0.29, 0.717) is 0 Å². The van der Waals surface area contributed by atoms with Crippen LogP contribution in [0.5, 0.6) is 0 Å². The zero-order valence-corrected chi connectivity index (χ0v) is 13.6. The quantitative estimate of drug-likeness (QED) is 0.857. The predicted octanol–water partition coefficient (Wildman–Crippen LogP) is 4.49. The number of carbonyl (C=O) groups excluding carboxylic acids is 1. The third-order valence-electron chi connectivity index (χ3n) is 5.07. The number of rotatable bonds is 5. The molecule has 1 amide bonds. The molecular formula is C18H22F3NO2. The van der Waals surface area contributed by atoms with Crippen molar-refractivity contribution in [2.45, 2.75) is 44.9 Å². The lowest BCUT2D eigenvalue weighted by molar-refractivity contribution is -0.141. The first-order valence-electron chi connectivity index (χ1n) is 8.48. The number of halogens is 3. The molecular weight excluding hydrogens is 319 g/mol. The number of alkyl halides is 3. The first kappa shape index (κ1) is 17.3. The molecule has 132 valence electrons. The van der Waals surface area contributed by atoms with Crippen molar-refractivity contribution in [3.63, 3.8) is 0 Å². The molecule has 3 fully saturated rings. The molecule has 3 saturated carbocycles. The van der Waals surface area contributed by atoms with Crippen LogP contribution in [-0.4, -0.2) is 18.6 Å². The van der Waals surface area contributed by atoms with Crippen molar-refractivity contribution in [1.29, 1.82) is 0 Å². The third kappa shape index (κ3) is 3.58. The largest absolute Gasteiger partial charge is 0.416 e. The Bertz CT molecular complexity index is 590. The van der Waals surface area contributed by atoms with Gasteiger partial charge in [-0.1, -0.05) is 13.0 Å². The van der Waals surface area contributed by atoms with E-state index >= 15 is 0 Å². The Morgan fingerprint density at radius 1 is 1.25 bits per heavy atom. The zero-order chi connectivity index (χ0) is 17.3. The summed E-state index contributed by atoms with van der Waals surface area (Å²) in [5, 5.41) is 2.66. The lowest BCUT2D eigenvalue weighted by Gasteiger charge is -2.51. The van der Waals surface area contributed by atoms with Gasteiger partial charge < -0.3 is 10.1 Å². The Labute approximate surface area is 139 Å². The van der Waals surface area contributed by atoms with Gasteiger partial charge in [0.15, 0.2) is 0 Å². The van der Waals surface area contributed by atoms with Gasteiger partial charge in [0.25, 0.3) is 0 Å². The van der Waals surface area contributed by atoms with Gasteiger partial charge >= 0.3 is 6.18 Å². The maximum Gasteiger partial charge on any atom is 0.416 e. The number of nitrogens with one attached hydrogen (secondary N) is 1. The number of hydrogen-bond acceptors (Lipinski definition) is 2. The highest BCUT2D eigenvalue weighted by Crippen LogP contribution is 2.51. The fourth-order valence-corrected chi connectivity index (χ4v) is 3.98. The van der Waals surface area contributed by atoms with E-state index in [4.69, 9.17) is 4.74 Å². The van der Waals surface area contributed by atoms with Gasteiger partial charge in [0, 0.05) is 18.2 Å². The lowest BCUT2D eigenvalue weighted by Crippen LogP contribution is -2.51. The predicted molar refractivity (Wildman–Crippen MR) is 84.4 cm³/mol. The summed E-state index contributed by atoms with van der Waals surface area (Å²) in [4.78, 5) is 12.5. The SMILES string of the molecule is CCCOC1CC2CC(C1)C2C(=O)Nc1cccc(C(F)(F)F)c1. The van der Waals surface area contributed by atoms with E-state index in [1.165, 1.54) is 12.1 Å². The second-order valence-corrected chi connectivity index (χ2v) is 6.81. The highest BCUT2D eigenvalue weighted by molar-refractivity contribution is 5.93. The van der Waals surface area contributed by atoms with E-state index in [1.54, 1.807) is 0 Å². The third-order valence-corrected chi connectivity index (χ3v) is 5.07. The lowest BCUT2D eigenvalue weighted by atomic mass is 9.56. The number of anilines is 1. The van der Waals surface area contributed by atoms with Gasteiger partial charge in [0.05, 0.1) is 11.7 Å². The minimum absolute atomic E-state index is 0.0963. The summed E-state index contributed by atoms with van der Waals surface area (Å²) in [7, 11) is 0. The molecule has 3 aliphatic carbocycles. The number of amides is 1. The minimum atomic E-state index is -4.41. The fraction of sp³-hybridized carbons (Fsp3) is 0.611. The molecule has 6 heteroatoms. The molecule has 4 rings (SSSR count). The van der Waals surface area contributed by atoms with Gasteiger partial charge in [-0.05, 0) is 55.7 Å². The molecule has 2 bridgehead atoms. The smallest absolute Gasteiger partial charge is 0.378 e. The van der Waals surface area contributed by atoms with Crippen LogP contribution in [0.15, 0.2) is 24.3 Å². The van der Waals surface area contributed by atoms with Crippen LogP contribution in [0, 0.1) is 17.8 Å². The first-order valence-corrected chi connectivity index (χ1v) is 8.48. The maximum atomic E-state index is 12.7. The van der Waals surface area contributed by atoms with Crippen LogP contribution in [0.4, 0.5) is 18.9 Å². The summed E-state index contributed by atoms with van der Waals surface area (Å²) in [5.74, 6) is 0.318. The highest BCUT2D eigenvalue weighted by Gasteiger charge is 2.51. The Morgan fingerprint density at radius 2 is 1.96 bits per heavy atom. The van der Waals surface area contributed by atoms with Crippen molar-refractivity contribution < 1.29 is 22.7 Å². The van der Waals surface area contributed by atoms with Gasteiger partial charge in [0.1, 0.15) is 0 Å². The molecule has 2 unspecified atom stereocenters. The van der Waals surface area contributed by atoms with E-state index in [2.05, 4.69) is 12.2 Å². The maximum absolute atomic E-state index is 12.7. The summed E-state index contributed by atoms with van der Waals surface area (Å²) >= 11 is 0. The monoisotopic (exact) mass is 341 g/mol. The van der Waals surface area contributed by atoms with Crippen LogP contribution >= 0.6 is 0 Å². The van der Waals surface area contributed by atoms with Crippen LogP contribution < -0.4 is 5.32 Å². The van der Waals surface area contributed by atoms with Gasteiger partial charge in [-0.25, -0.2) is 0 Å². The molecule has 1 N–H and O–H groups in total. The Balaban J connectivity index is 1.59. The van der Waals surface area contributed by atoms with Crippen molar-refractivity contribution in [2.24, 2.45) is 17.8 Å². The molecule has 0 heterocycles. The average molecular weight is 341 g/mol. The van der Waals surface area contributed by atoms with E-state index in [9.17, 15) is 18.0 Å². The standard InChI is InChI=1S/C18H22F3NO2/c1-2-6-24-15-8-11-7-12(9-15)16(11)17(23)22-14-5-3-4-13(10-14)18(19,20)21/h3-5,10-12,15-16H,2,6-9H2,1H3,(H,22,23). The fourth-order valence-electron chi connectivity index (χ4n) is 3.98. The Hall–Kier alpha value is -1.56. The average Bonchev–Trinajstić information content (AvgIpc) is 2.52. The first-order chi connectivity index (χ1) is 11.4. The molecule has 0 aromatic heterocycles. The molecule has 0 spiro atoms. The molecule has 0 saturated heterocycles. The summed E-state index contributed by atoms with van der Waals surface area (Å²) in [6.45, 7) is 2.81. The molecule has 24 heavy (non-hydrogen) atoms. The second kappa shape index (κ2) is 6.75. The van der Waals surface area contributed by atoms with Gasteiger partial charge in [-0.3, -0.25) is 4.79 Å². The van der Waals surface area contributed by atoms with Crippen molar-refractivity contribution in [3.05, 3.63) is 29.8 Å². The number of fused-ring (bicyclic) bond motifs is 2. The summed E-state index contributed by atoms with van der Waals surface area (Å²) in [5.41, 5.74) is -0.541. The second-order valence-electron chi connectivity index (χ2n) is 6.81. The summed E-state index contributed by atoms with van der Waals surface area (Å²) < 4.78 is 44.0. The topological polar surface area (TPSA) is 38.3 Å². The van der Waals surface area contributed by atoms with Crippen molar-refractivity contribution in [3.8, 4) is 0 Å². The van der Waals surface area contributed by atoms with Gasteiger partial charge in [-0.15, -0.1) is 0 Å². The van der Waals surface area contributed by atoms with Crippen LogP contribution in [0.2, 0.25) is 0 Å². The molecule has 2 atom stereocenters. The summed E-state index contributed by atoms with van der Waals surface area (Å²) in [6.07, 6.45) is -0.435. The normalized spacial score (nSPS) is 29.0. The van der Waals surface area contributed by atoms with Crippen LogP contribution in [-0.2, 0) is 15.7 Å². The van der Waals surface area contributed by atoms with E-state index in [0.717, 1.165) is 44.4 Å². The molecule has 3 aliphatic rings. The van der Waals surface area contributed by atoms with Crippen molar-refractivity contribution in [1.82, 2.24) is 0 Å². The Morgan fingerprint density at radius 3 is 2.58 bits per heavy atom. The zero-order valence-electron chi connectivity index (χ0n) is 13.6. The van der Waals surface area contributed by atoms with E-state index in [1.807, 2.05) is 0 Å². The minimum Gasteiger partial charge on any atom is -0.378 e.